The largest absolute Gasteiger partial charge is 0.276 e. The van der Waals surface area contributed by atoms with Gasteiger partial charge < -0.3 is 0 Å². The van der Waals surface area contributed by atoms with Gasteiger partial charge in [-0.25, -0.2) is 8.42 Å². The Bertz CT molecular complexity index is 960. The minimum Gasteiger partial charge on any atom is -0.224 e. The van der Waals surface area contributed by atoms with Gasteiger partial charge in [-0.3, -0.25) is 0 Å². The summed E-state index contributed by atoms with van der Waals surface area (Å²) in [6.45, 7) is 3.50. The van der Waals surface area contributed by atoms with E-state index in [4.69, 9.17) is 0 Å². The van der Waals surface area contributed by atoms with Crippen LogP contribution in [0.3, 0.4) is 0 Å². The van der Waals surface area contributed by atoms with Gasteiger partial charge in [0.1, 0.15) is 0 Å². The maximum atomic E-state index is 12.2. The molecule has 0 aliphatic rings. The predicted molar refractivity (Wildman–Crippen MR) is 93.3 cm³/mol. The maximum absolute atomic E-state index is 12.2. The van der Waals surface area contributed by atoms with E-state index in [-0.39, 0.29) is 9.79 Å². The number of hydrazone groups is 1. The average molecular weight is 366 g/mol. The minimum absolute atomic E-state index is 0.122. The van der Waals surface area contributed by atoms with Gasteiger partial charge in [-0.15, -0.1) is 0 Å². The summed E-state index contributed by atoms with van der Waals surface area (Å²) >= 11 is 0. The zero-order valence-corrected chi connectivity index (χ0v) is 15.1. The summed E-state index contributed by atoms with van der Waals surface area (Å²) in [5.41, 5.74) is 2.00. The maximum Gasteiger partial charge on any atom is 0.276 e. The Balaban J connectivity index is 2.20. The normalized spacial score (nSPS) is 12.9. The van der Waals surface area contributed by atoms with Gasteiger partial charge in [0.05, 0.1) is 15.5 Å². The van der Waals surface area contributed by atoms with Crippen molar-refractivity contribution in [3.63, 3.8) is 0 Å². The Morgan fingerprint density at radius 1 is 0.875 bits per heavy atom. The number of hydrogen-bond acceptors (Lipinski definition) is 5. The van der Waals surface area contributed by atoms with E-state index in [9.17, 15) is 16.8 Å². The first-order chi connectivity index (χ1) is 11.1. The highest BCUT2D eigenvalue weighted by molar-refractivity contribution is 7.90. The first kappa shape index (κ1) is 18.2. The Kier molecular flexibility index (Phi) is 5.10. The lowest BCUT2D eigenvalue weighted by Gasteiger charge is -2.06. The van der Waals surface area contributed by atoms with Gasteiger partial charge in [-0.2, -0.15) is 18.4 Å². The highest BCUT2D eigenvalue weighted by Gasteiger charge is 2.13. The van der Waals surface area contributed by atoms with Crippen molar-refractivity contribution in [2.24, 2.45) is 5.10 Å². The standard InChI is InChI=1S/C16H18N2O4S2/c1-12-4-8-16(9-5-12)24(21,22)18-17-13(2)14-6-10-15(11-7-14)23(3,19)20/h4-11,18H,1-3H3. The number of sulfone groups is 1. The monoisotopic (exact) mass is 366 g/mol. The number of nitrogens with one attached hydrogen (secondary N) is 1. The molecule has 0 fully saturated rings. The highest BCUT2D eigenvalue weighted by Crippen LogP contribution is 2.12. The molecule has 0 saturated carbocycles. The summed E-state index contributed by atoms with van der Waals surface area (Å²) in [4.78, 5) is 2.50. The molecule has 24 heavy (non-hydrogen) atoms. The van der Waals surface area contributed by atoms with Crippen molar-refractivity contribution in [1.82, 2.24) is 4.83 Å². The lowest BCUT2D eigenvalue weighted by molar-refractivity contribution is 0.584. The summed E-state index contributed by atoms with van der Waals surface area (Å²) in [6, 6.07) is 12.5. The fraction of sp³-hybridized carbons (Fsp3) is 0.188. The van der Waals surface area contributed by atoms with Crippen molar-refractivity contribution in [2.45, 2.75) is 23.6 Å². The molecule has 0 saturated heterocycles. The third-order valence-electron chi connectivity index (χ3n) is 3.37. The topological polar surface area (TPSA) is 92.7 Å². The van der Waals surface area contributed by atoms with Crippen LogP contribution in [-0.4, -0.2) is 28.8 Å². The molecule has 128 valence electrons. The third-order valence-corrected chi connectivity index (χ3v) is 5.72. The van der Waals surface area contributed by atoms with Gasteiger partial charge in [0.2, 0.25) is 0 Å². The van der Waals surface area contributed by atoms with Gasteiger partial charge >= 0.3 is 0 Å². The van der Waals surface area contributed by atoms with Crippen LogP contribution in [0.5, 0.6) is 0 Å². The summed E-state index contributed by atoms with van der Waals surface area (Å²) in [7, 11) is -7.02. The van der Waals surface area contributed by atoms with Crippen LogP contribution in [-0.2, 0) is 19.9 Å². The summed E-state index contributed by atoms with van der Waals surface area (Å²) in [6.07, 6.45) is 1.12. The van der Waals surface area contributed by atoms with Gasteiger partial charge in [-0.1, -0.05) is 29.8 Å². The molecular formula is C16H18N2O4S2. The van der Waals surface area contributed by atoms with Crippen LogP contribution in [0.4, 0.5) is 0 Å². The van der Waals surface area contributed by atoms with Gasteiger partial charge in [0, 0.05) is 6.26 Å². The molecule has 0 aromatic heterocycles. The van der Waals surface area contributed by atoms with E-state index in [1.807, 2.05) is 6.92 Å². The molecule has 0 aliphatic heterocycles. The molecule has 2 aromatic rings. The van der Waals surface area contributed by atoms with Crippen molar-refractivity contribution in [2.75, 3.05) is 6.26 Å². The summed E-state index contributed by atoms with van der Waals surface area (Å²) < 4.78 is 47.2. The molecule has 2 rings (SSSR count). The number of aryl methyl sites for hydroxylation is 1. The highest BCUT2D eigenvalue weighted by atomic mass is 32.2. The van der Waals surface area contributed by atoms with Crippen molar-refractivity contribution in [3.05, 3.63) is 59.7 Å². The first-order valence-corrected chi connectivity index (χ1v) is 10.4. The SMILES string of the molecule is CC(=NNS(=O)(=O)c1ccc(C)cc1)c1ccc(S(C)(=O)=O)cc1. The molecule has 6 nitrogen and oxygen atoms in total. The van der Waals surface area contributed by atoms with Crippen LogP contribution < -0.4 is 4.83 Å². The molecule has 0 radical (unpaired) electrons. The van der Waals surface area contributed by atoms with Crippen LogP contribution in [0.15, 0.2) is 63.4 Å². The van der Waals surface area contributed by atoms with Crippen molar-refractivity contribution in [3.8, 4) is 0 Å². The van der Waals surface area contributed by atoms with E-state index < -0.39 is 19.9 Å². The molecule has 0 bridgehead atoms. The Morgan fingerprint density at radius 2 is 1.38 bits per heavy atom. The first-order valence-electron chi connectivity index (χ1n) is 7.03. The van der Waals surface area contributed by atoms with Crippen LogP contribution in [0.25, 0.3) is 0 Å². The summed E-state index contributed by atoms with van der Waals surface area (Å²) in [5.74, 6) is 0. The van der Waals surface area contributed by atoms with Crippen LogP contribution in [0.2, 0.25) is 0 Å². The molecule has 0 spiro atoms. The second kappa shape index (κ2) is 6.74. The Morgan fingerprint density at radius 3 is 1.88 bits per heavy atom. The molecule has 0 unspecified atom stereocenters. The molecule has 0 aliphatic carbocycles. The number of hydrogen-bond donors (Lipinski definition) is 1. The fourth-order valence-corrected chi connectivity index (χ4v) is 3.39. The Labute approximate surface area is 142 Å². The smallest absolute Gasteiger partial charge is 0.224 e. The van der Waals surface area contributed by atoms with E-state index in [0.717, 1.165) is 11.8 Å². The Hall–Kier alpha value is -2.19. The quantitative estimate of drug-likeness (QED) is 0.648. The van der Waals surface area contributed by atoms with E-state index in [1.165, 1.54) is 24.3 Å². The second-order valence-corrected chi connectivity index (χ2v) is 9.08. The van der Waals surface area contributed by atoms with Crippen LogP contribution in [0.1, 0.15) is 18.1 Å². The zero-order chi connectivity index (χ0) is 18.0. The minimum atomic E-state index is -3.74. The number of nitrogens with zero attached hydrogens (tertiary/aromatic N) is 1. The van der Waals surface area contributed by atoms with E-state index >= 15 is 0 Å². The fourth-order valence-electron chi connectivity index (χ4n) is 1.91. The number of benzene rings is 2. The lowest BCUT2D eigenvalue weighted by Crippen LogP contribution is -2.20. The van der Waals surface area contributed by atoms with Crippen molar-refractivity contribution in [1.29, 1.82) is 0 Å². The van der Waals surface area contributed by atoms with Crippen LogP contribution >= 0.6 is 0 Å². The van der Waals surface area contributed by atoms with Crippen LogP contribution in [0, 0.1) is 6.92 Å². The molecule has 0 heterocycles. The van der Waals surface area contributed by atoms with Gasteiger partial charge in [0.15, 0.2) is 9.84 Å². The molecular weight excluding hydrogens is 348 g/mol. The van der Waals surface area contributed by atoms with E-state index in [2.05, 4.69) is 9.93 Å². The molecule has 0 atom stereocenters. The lowest BCUT2D eigenvalue weighted by atomic mass is 10.1. The van der Waals surface area contributed by atoms with Crippen molar-refractivity contribution < 1.29 is 16.8 Å². The van der Waals surface area contributed by atoms with Gasteiger partial charge in [0.25, 0.3) is 10.0 Å². The average Bonchev–Trinajstić information content (AvgIpc) is 2.52. The number of sulfonamides is 1. The summed E-state index contributed by atoms with van der Waals surface area (Å²) in [5, 5.41) is 3.89. The molecule has 8 heteroatoms. The molecule has 1 N–H and O–H groups in total. The second-order valence-electron chi connectivity index (χ2n) is 5.40. The van der Waals surface area contributed by atoms with Crippen molar-refractivity contribution >= 4 is 25.6 Å². The number of rotatable bonds is 5. The van der Waals surface area contributed by atoms with E-state index in [1.54, 1.807) is 31.2 Å². The van der Waals surface area contributed by atoms with Gasteiger partial charge in [-0.05, 0) is 43.7 Å². The van der Waals surface area contributed by atoms with E-state index in [0.29, 0.717) is 11.3 Å². The molecule has 2 aromatic carbocycles. The zero-order valence-electron chi connectivity index (χ0n) is 13.5. The predicted octanol–water partition coefficient (Wildman–Crippen LogP) is 2.10. The molecule has 0 amide bonds. The third kappa shape index (κ3) is 4.42.